The number of amides is 1. The highest BCUT2D eigenvalue weighted by Gasteiger charge is 2.48. The minimum atomic E-state index is -1.10. The minimum Gasteiger partial charge on any atom is -0.497 e. The Bertz CT molecular complexity index is 821. The second-order valence-electron chi connectivity index (χ2n) is 6.28. The van der Waals surface area contributed by atoms with Crippen LogP contribution in [-0.2, 0) is 9.53 Å². The normalized spacial score (nSPS) is 20.6. The van der Waals surface area contributed by atoms with Crippen molar-refractivity contribution in [3.05, 3.63) is 77.9 Å². The van der Waals surface area contributed by atoms with Gasteiger partial charge in [-0.25, -0.2) is 0 Å². The fourth-order valence-corrected chi connectivity index (χ4v) is 2.98. The zero-order chi connectivity index (χ0) is 18.0. The molecule has 1 heterocycles. The van der Waals surface area contributed by atoms with E-state index in [-0.39, 0.29) is 11.8 Å². The Morgan fingerprint density at radius 2 is 1.80 bits per heavy atom. The van der Waals surface area contributed by atoms with Crippen molar-refractivity contribution >= 4 is 11.8 Å². The number of nitrogens with zero attached hydrogens (tertiary/aromatic N) is 1. The van der Waals surface area contributed by atoms with Crippen LogP contribution in [0.15, 0.2) is 66.2 Å². The molecule has 25 heavy (non-hydrogen) atoms. The summed E-state index contributed by atoms with van der Waals surface area (Å²) in [7, 11) is 1.61. The van der Waals surface area contributed by atoms with E-state index in [2.05, 4.69) is 11.6 Å². The SMILES string of the molecule is C=C[C@H](c1ccc(C)cc1)[C@@]1(C)OC(c2ccc(OC)cc2)=NC1=O. The Morgan fingerprint density at radius 1 is 1.16 bits per heavy atom. The third kappa shape index (κ3) is 3.07. The average molecular weight is 335 g/mol. The fraction of sp³-hybridized carbons (Fsp3) is 0.238. The molecule has 0 unspecified atom stereocenters. The molecule has 4 heteroatoms. The number of methoxy groups -OCH3 is 1. The summed E-state index contributed by atoms with van der Waals surface area (Å²) < 4.78 is 11.2. The first kappa shape index (κ1) is 17.0. The zero-order valence-electron chi connectivity index (χ0n) is 14.7. The number of aliphatic imine (C=N–C) groups is 1. The van der Waals surface area contributed by atoms with Gasteiger partial charge in [-0.05, 0) is 43.7 Å². The van der Waals surface area contributed by atoms with Gasteiger partial charge in [0, 0.05) is 5.56 Å². The van der Waals surface area contributed by atoms with Gasteiger partial charge in [0.25, 0.3) is 5.91 Å². The standard InChI is InChI=1S/C21H21NO3/c1-5-18(15-8-6-14(2)7-9-15)21(3)20(23)22-19(25-21)16-10-12-17(24-4)13-11-16/h5-13,18H,1H2,2-4H3/t18-,21-/m1/s1. The molecule has 0 spiro atoms. The number of ether oxygens (including phenoxy) is 2. The second kappa shape index (κ2) is 6.55. The third-order valence-corrected chi connectivity index (χ3v) is 4.54. The van der Waals surface area contributed by atoms with Crippen molar-refractivity contribution < 1.29 is 14.3 Å². The van der Waals surface area contributed by atoms with Crippen molar-refractivity contribution in [2.75, 3.05) is 7.11 Å². The first-order valence-electron chi connectivity index (χ1n) is 8.13. The van der Waals surface area contributed by atoms with Crippen LogP contribution in [0.25, 0.3) is 0 Å². The van der Waals surface area contributed by atoms with Gasteiger partial charge in [0.05, 0.1) is 13.0 Å². The van der Waals surface area contributed by atoms with Crippen LogP contribution in [0.4, 0.5) is 0 Å². The molecule has 0 saturated carbocycles. The molecule has 0 aromatic heterocycles. The maximum absolute atomic E-state index is 12.7. The molecular formula is C21H21NO3. The lowest BCUT2D eigenvalue weighted by atomic mass is 9.82. The minimum absolute atomic E-state index is 0.292. The molecule has 2 aromatic carbocycles. The molecular weight excluding hydrogens is 314 g/mol. The summed E-state index contributed by atoms with van der Waals surface area (Å²) in [4.78, 5) is 16.8. The molecule has 1 aliphatic rings. The number of carbonyl (C=O) groups excluding carboxylic acids is 1. The average Bonchev–Trinajstić information content (AvgIpc) is 2.93. The van der Waals surface area contributed by atoms with Crippen molar-refractivity contribution in [3.8, 4) is 5.75 Å². The van der Waals surface area contributed by atoms with Gasteiger partial charge < -0.3 is 9.47 Å². The molecule has 0 radical (unpaired) electrons. The van der Waals surface area contributed by atoms with Gasteiger partial charge in [0.1, 0.15) is 5.75 Å². The van der Waals surface area contributed by atoms with Crippen LogP contribution < -0.4 is 4.74 Å². The van der Waals surface area contributed by atoms with E-state index in [1.165, 1.54) is 0 Å². The number of benzene rings is 2. The van der Waals surface area contributed by atoms with E-state index in [4.69, 9.17) is 9.47 Å². The van der Waals surface area contributed by atoms with Gasteiger partial charge in [-0.2, -0.15) is 4.99 Å². The summed E-state index contributed by atoms with van der Waals surface area (Å²) in [5, 5.41) is 0. The Kier molecular flexibility index (Phi) is 4.45. The number of hydrogen-bond acceptors (Lipinski definition) is 3. The van der Waals surface area contributed by atoms with Crippen LogP contribution in [0.1, 0.15) is 29.5 Å². The van der Waals surface area contributed by atoms with Crippen molar-refractivity contribution in [2.45, 2.75) is 25.4 Å². The van der Waals surface area contributed by atoms with Gasteiger partial charge in [-0.1, -0.05) is 35.9 Å². The highest BCUT2D eigenvalue weighted by atomic mass is 16.5. The lowest BCUT2D eigenvalue weighted by Gasteiger charge is -2.29. The molecule has 1 amide bonds. The van der Waals surface area contributed by atoms with Crippen LogP contribution >= 0.6 is 0 Å². The van der Waals surface area contributed by atoms with Gasteiger partial charge in [0.15, 0.2) is 5.60 Å². The largest absolute Gasteiger partial charge is 0.497 e. The van der Waals surface area contributed by atoms with Crippen molar-refractivity contribution in [1.29, 1.82) is 0 Å². The maximum atomic E-state index is 12.7. The van der Waals surface area contributed by atoms with Gasteiger partial charge in [0.2, 0.25) is 5.90 Å². The molecule has 2 atom stereocenters. The highest BCUT2D eigenvalue weighted by Crippen LogP contribution is 2.38. The first-order chi connectivity index (χ1) is 12.0. The lowest BCUT2D eigenvalue weighted by Crippen LogP contribution is -2.39. The van der Waals surface area contributed by atoms with E-state index in [0.29, 0.717) is 5.90 Å². The van der Waals surface area contributed by atoms with E-state index in [1.54, 1.807) is 20.1 Å². The Balaban J connectivity index is 1.90. The lowest BCUT2D eigenvalue weighted by molar-refractivity contribution is -0.130. The van der Waals surface area contributed by atoms with E-state index in [0.717, 1.165) is 22.4 Å². The molecule has 0 saturated heterocycles. The summed E-state index contributed by atoms with van der Waals surface area (Å²) in [5.74, 6) is 0.470. The Hall–Kier alpha value is -2.88. The summed E-state index contributed by atoms with van der Waals surface area (Å²) in [5.41, 5.74) is 1.77. The van der Waals surface area contributed by atoms with Crippen molar-refractivity contribution in [2.24, 2.45) is 4.99 Å². The summed E-state index contributed by atoms with van der Waals surface area (Å²) in [6.07, 6.45) is 1.75. The predicted octanol–water partition coefficient (Wildman–Crippen LogP) is 4.04. The van der Waals surface area contributed by atoms with E-state index >= 15 is 0 Å². The number of hydrogen-bond donors (Lipinski definition) is 0. The Morgan fingerprint density at radius 3 is 2.36 bits per heavy atom. The fourth-order valence-electron chi connectivity index (χ4n) is 2.98. The second-order valence-corrected chi connectivity index (χ2v) is 6.28. The van der Waals surface area contributed by atoms with Crippen LogP contribution in [0.3, 0.4) is 0 Å². The molecule has 0 bridgehead atoms. The molecule has 4 nitrogen and oxygen atoms in total. The summed E-state index contributed by atoms with van der Waals surface area (Å²) in [6, 6.07) is 15.3. The molecule has 0 aliphatic carbocycles. The van der Waals surface area contributed by atoms with Gasteiger partial charge in [-0.3, -0.25) is 4.79 Å². The monoisotopic (exact) mass is 335 g/mol. The molecule has 0 N–H and O–H groups in total. The van der Waals surface area contributed by atoms with E-state index in [9.17, 15) is 4.79 Å². The molecule has 0 fully saturated rings. The molecule has 1 aliphatic heterocycles. The van der Waals surface area contributed by atoms with Crippen LogP contribution in [0.5, 0.6) is 5.75 Å². The summed E-state index contributed by atoms with van der Waals surface area (Å²) in [6.45, 7) is 7.69. The quantitative estimate of drug-likeness (QED) is 0.775. The number of carbonyl (C=O) groups is 1. The zero-order valence-corrected chi connectivity index (χ0v) is 14.7. The smallest absolute Gasteiger partial charge is 0.293 e. The number of aryl methyl sites for hydroxylation is 1. The van der Waals surface area contributed by atoms with Crippen molar-refractivity contribution in [3.63, 3.8) is 0 Å². The molecule has 3 rings (SSSR count). The maximum Gasteiger partial charge on any atom is 0.293 e. The van der Waals surface area contributed by atoms with Crippen LogP contribution in [0.2, 0.25) is 0 Å². The number of rotatable bonds is 5. The van der Waals surface area contributed by atoms with Crippen LogP contribution in [-0.4, -0.2) is 24.5 Å². The Labute approximate surface area is 147 Å². The topological polar surface area (TPSA) is 47.9 Å². The first-order valence-corrected chi connectivity index (χ1v) is 8.13. The molecule has 2 aromatic rings. The molecule has 128 valence electrons. The van der Waals surface area contributed by atoms with Crippen LogP contribution in [0, 0.1) is 6.92 Å². The van der Waals surface area contributed by atoms with Crippen molar-refractivity contribution in [1.82, 2.24) is 0 Å². The highest BCUT2D eigenvalue weighted by molar-refractivity contribution is 6.09. The van der Waals surface area contributed by atoms with E-state index in [1.807, 2.05) is 55.5 Å². The van der Waals surface area contributed by atoms with Gasteiger partial charge in [-0.15, -0.1) is 6.58 Å². The third-order valence-electron chi connectivity index (χ3n) is 4.54. The predicted molar refractivity (Wildman–Crippen MR) is 98.1 cm³/mol. The van der Waals surface area contributed by atoms with Gasteiger partial charge >= 0.3 is 0 Å². The van der Waals surface area contributed by atoms with E-state index < -0.39 is 5.60 Å². The summed E-state index contributed by atoms with van der Waals surface area (Å²) >= 11 is 0.